The summed E-state index contributed by atoms with van der Waals surface area (Å²) in [5.41, 5.74) is 1.04. The second-order valence-corrected chi connectivity index (χ2v) is 7.61. The molecule has 1 aromatic heterocycles. The van der Waals surface area contributed by atoms with Crippen molar-refractivity contribution >= 4 is 50.5 Å². The average Bonchev–Trinajstić information content (AvgIpc) is 2.78. The van der Waals surface area contributed by atoms with E-state index in [4.69, 9.17) is 23.2 Å². The van der Waals surface area contributed by atoms with E-state index in [1.54, 1.807) is 11.3 Å². The minimum absolute atomic E-state index is 0.189. The Hall–Kier alpha value is -0.0600. The van der Waals surface area contributed by atoms with Gasteiger partial charge in [-0.2, -0.15) is 0 Å². The Morgan fingerprint density at radius 3 is 2.74 bits per heavy atom. The summed E-state index contributed by atoms with van der Waals surface area (Å²) in [6.07, 6.45) is 1.01. The Morgan fingerprint density at radius 2 is 2.05 bits per heavy atom. The number of halogens is 3. The molecule has 0 amide bonds. The van der Waals surface area contributed by atoms with Crippen LogP contribution in [0, 0.1) is 0 Å². The molecule has 0 saturated heterocycles. The second kappa shape index (κ2) is 7.09. The molecule has 19 heavy (non-hydrogen) atoms. The first-order valence-corrected chi connectivity index (χ1v) is 8.36. The molecule has 1 N–H and O–H groups in total. The maximum Gasteiger partial charge on any atom is 0.0701 e. The zero-order valence-electron chi connectivity index (χ0n) is 10.4. The first kappa shape index (κ1) is 15.3. The van der Waals surface area contributed by atoms with Gasteiger partial charge in [-0.15, -0.1) is 11.3 Å². The van der Waals surface area contributed by atoms with E-state index in [1.807, 2.05) is 18.2 Å². The normalized spacial score (nSPS) is 12.6. The summed E-state index contributed by atoms with van der Waals surface area (Å²) in [6.45, 7) is 3.01. The summed E-state index contributed by atoms with van der Waals surface area (Å²) in [6, 6.07) is 10.2. The number of thiophene rings is 1. The van der Waals surface area contributed by atoms with Gasteiger partial charge in [0, 0.05) is 17.5 Å². The molecule has 0 aliphatic heterocycles. The van der Waals surface area contributed by atoms with Crippen LogP contribution in [0.5, 0.6) is 0 Å². The lowest BCUT2D eigenvalue weighted by atomic mass is 10.1. The maximum atomic E-state index is 6.21. The van der Waals surface area contributed by atoms with Crippen LogP contribution in [-0.4, -0.2) is 6.54 Å². The van der Waals surface area contributed by atoms with Crippen LogP contribution in [0.25, 0.3) is 0 Å². The lowest BCUT2D eigenvalue weighted by Gasteiger charge is -2.16. The van der Waals surface area contributed by atoms with E-state index in [0.29, 0.717) is 10.0 Å². The Labute approximate surface area is 136 Å². The fraction of sp³-hybridized carbons (Fsp3) is 0.286. The van der Waals surface area contributed by atoms with Gasteiger partial charge in [0.05, 0.1) is 13.8 Å². The third-order valence-corrected chi connectivity index (χ3v) is 5.42. The van der Waals surface area contributed by atoms with Crippen LogP contribution < -0.4 is 5.32 Å². The van der Waals surface area contributed by atoms with Crippen molar-refractivity contribution in [1.82, 2.24) is 5.32 Å². The number of nitrogens with one attached hydrogen (secondary N) is 1. The van der Waals surface area contributed by atoms with Crippen molar-refractivity contribution in [1.29, 1.82) is 0 Å². The van der Waals surface area contributed by atoms with Gasteiger partial charge >= 0.3 is 0 Å². The predicted molar refractivity (Wildman–Crippen MR) is 88.6 cm³/mol. The number of hydrogen-bond acceptors (Lipinski definition) is 2. The van der Waals surface area contributed by atoms with Gasteiger partial charge < -0.3 is 5.32 Å². The largest absolute Gasteiger partial charge is 0.310 e. The number of benzene rings is 1. The van der Waals surface area contributed by atoms with E-state index >= 15 is 0 Å². The van der Waals surface area contributed by atoms with Gasteiger partial charge in [0.25, 0.3) is 0 Å². The molecule has 0 fully saturated rings. The monoisotopic (exact) mass is 377 g/mol. The van der Waals surface area contributed by atoms with Gasteiger partial charge in [0.1, 0.15) is 0 Å². The highest BCUT2D eigenvalue weighted by Crippen LogP contribution is 2.29. The van der Waals surface area contributed by atoms with E-state index in [2.05, 4.69) is 40.3 Å². The van der Waals surface area contributed by atoms with Crippen LogP contribution in [0.4, 0.5) is 0 Å². The molecule has 1 nitrogen and oxygen atoms in total. The molecule has 1 unspecified atom stereocenters. The van der Waals surface area contributed by atoms with Crippen LogP contribution in [0.15, 0.2) is 34.1 Å². The molecule has 1 heterocycles. The molecule has 0 radical (unpaired) electrons. The first-order chi connectivity index (χ1) is 9.08. The SMILES string of the molecule is CC(NCCc1ccc(Br)s1)c1cccc(Cl)c1Cl. The van der Waals surface area contributed by atoms with E-state index in [1.165, 1.54) is 8.66 Å². The number of hydrogen-bond donors (Lipinski definition) is 1. The van der Waals surface area contributed by atoms with Crippen LogP contribution in [0.1, 0.15) is 23.4 Å². The van der Waals surface area contributed by atoms with Crippen LogP contribution >= 0.6 is 50.5 Å². The van der Waals surface area contributed by atoms with Gasteiger partial charge in [0.2, 0.25) is 0 Å². The summed E-state index contributed by atoms with van der Waals surface area (Å²) in [5.74, 6) is 0. The van der Waals surface area contributed by atoms with E-state index in [9.17, 15) is 0 Å². The maximum absolute atomic E-state index is 6.21. The van der Waals surface area contributed by atoms with Gasteiger partial charge in [-0.1, -0.05) is 35.3 Å². The summed E-state index contributed by atoms with van der Waals surface area (Å²) in [4.78, 5) is 1.36. The predicted octanol–water partition coefficient (Wildman–Crippen LogP) is 5.71. The Morgan fingerprint density at radius 1 is 1.26 bits per heavy atom. The minimum Gasteiger partial charge on any atom is -0.310 e. The van der Waals surface area contributed by atoms with Crippen molar-refractivity contribution in [2.24, 2.45) is 0 Å². The molecule has 0 bridgehead atoms. The zero-order chi connectivity index (χ0) is 13.8. The first-order valence-electron chi connectivity index (χ1n) is 5.99. The zero-order valence-corrected chi connectivity index (χ0v) is 14.3. The lowest BCUT2D eigenvalue weighted by Crippen LogP contribution is -2.21. The minimum atomic E-state index is 0.189. The molecule has 102 valence electrons. The van der Waals surface area contributed by atoms with Crippen molar-refractivity contribution in [3.63, 3.8) is 0 Å². The molecule has 1 aromatic carbocycles. The Balaban J connectivity index is 1.90. The molecule has 0 aliphatic carbocycles. The third kappa shape index (κ3) is 4.20. The molecule has 0 aliphatic rings. The molecular weight excluding hydrogens is 365 g/mol. The highest BCUT2D eigenvalue weighted by Gasteiger charge is 2.11. The molecule has 0 saturated carbocycles. The van der Waals surface area contributed by atoms with E-state index in [0.717, 1.165) is 18.5 Å². The molecule has 2 aromatic rings. The van der Waals surface area contributed by atoms with Gasteiger partial charge in [0.15, 0.2) is 0 Å². The number of rotatable bonds is 5. The van der Waals surface area contributed by atoms with Crippen LogP contribution in [0.2, 0.25) is 10.0 Å². The van der Waals surface area contributed by atoms with Crippen molar-refractivity contribution < 1.29 is 0 Å². The highest BCUT2D eigenvalue weighted by molar-refractivity contribution is 9.11. The molecular formula is C14H14BrCl2NS. The lowest BCUT2D eigenvalue weighted by molar-refractivity contribution is 0.579. The summed E-state index contributed by atoms with van der Waals surface area (Å²) in [7, 11) is 0. The van der Waals surface area contributed by atoms with Crippen molar-refractivity contribution in [2.45, 2.75) is 19.4 Å². The molecule has 0 spiro atoms. The van der Waals surface area contributed by atoms with Crippen molar-refractivity contribution in [2.75, 3.05) is 6.54 Å². The van der Waals surface area contributed by atoms with Crippen LogP contribution in [-0.2, 0) is 6.42 Å². The smallest absolute Gasteiger partial charge is 0.0701 e. The molecule has 2 rings (SSSR count). The van der Waals surface area contributed by atoms with E-state index in [-0.39, 0.29) is 6.04 Å². The fourth-order valence-electron chi connectivity index (χ4n) is 1.86. The van der Waals surface area contributed by atoms with E-state index < -0.39 is 0 Å². The topological polar surface area (TPSA) is 12.0 Å². The standard InChI is InChI=1S/C14H14BrCl2NS/c1-9(11-3-2-4-12(16)14(11)17)18-8-7-10-5-6-13(15)19-10/h2-6,9,18H,7-8H2,1H3. The molecule has 5 heteroatoms. The quantitative estimate of drug-likeness (QED) is 0.702. The van der Waals surface area contributed by atoms with Crippen molar-refractivity contribution in [3.8, 4) is 0 Å². The molecule has 1 atom stereocenters. The summed E-state index contributed by atoms with van der Waals surface area (Å²) >= 11 is 17.5. The third-order valence-electron chi connectivity index (χ3n) is 2.90. The average molecular weight is 379 g/mol. The Kier molecular flexibility index (Phi) is 5.72. The highest BCUT2D eigenvalue weighted by atomic mass is 79.9. The fourth-order valence-corrected chi connectivity index (χ4v) is 3.82. The van der Waals surface area contributed by atoms with Crippen LogP contribution in [0.3, 0.4) is 0 Å². The second-order valence-electron chi connectivity index (χ2n) is 4.27. The Bertz CT molecular complexity index is 556. The van der Waals surface area contributed by atoms with Gasteiger partial charge in [-0.05, 0) is 53.0 Å². The van der Waals surface area contributed by atoms with Gasteiger partial charge in [-0.25, -0.2) is 0 Å². The summed E-state index contributed by atoms with van der Waals surface area (Å²) in [5, 5.41) is 4.72. The van der Waals surface area contributed by atoms with Gasteiger partial charge in [-0.3, -0.25) is 0 Å². The van der Waals surface area contributed by atoms with Crippen molar-refractivity contribution in [3.05, 3.63) is 54.6 Å². The summed E-state index contributed by atoms with van der Waals surface area (Å²) < 4.78 is 1.17.